The smallest absolute Gasteiger partial charge is 0.228 e. The quantitative estimate of drug-likeness (QED) is 0.834. The van der Waals surface area contributed by atoms with Crippen LogP contribution in [0, 0.1) is 6.92 Å². The van der Waals surface area contributed by atoms with Gasteiger partial charge in [0.05, 0.1) is 6.42 Å². The lowest BCUT2D eigenvalue weighted by atomic mass is 10.1. The van der Waals surface area contributed by atoms with Crippen LogP contribution in [0.15, 0.2) is 30.7 Å². The van der Waals surface area contributed by atoms with E-state index >= 15 is 0 Å². The predicted molar refractivity (Wildman–Crippen MR) is 78.7 cm³/mol. The molecule has 0 atom stereocenters. The van der Waals surface area contributed by atoms with Gasteiger partial charge in [0.1, 0.15) is 6.33 Å². The predicted octanol–water partition coefficient (Wildman–Crippen LogP) is 1.35. The van der Waals surface area contributed by atoms with E-state index in [1.54, 1.807) is 12.5 Å². The number of amides is 1. The number of carbonyl (C=O) groups excluding carboxylic acids is 1. The molecule has 108 valence electrons. The molecule has 0 saturated carbocycles. The molecule has 0 saturated heterocycles. The molecule has 0 spiro atoms. The van der Waals surface area contributed by atoms with Gasteiger partial charge in [0, 0.05) is 42.8 Å². The number of hydrogen-bond donors (Lipinski definition) is 0. The van der Waals surface area contributed by atoms with Crippen molar-refractivity contribution >= 4 is 5.91 Å². The van der Waals surface area contributed by atoms with Crippen LogP contribution in [-0.2, 0) is 24.1 Å². The number of pyridine rings is 1. The van der Waals surface area contributed by atoms with Gasteiger partial charge in [-0.15, -0.1) is 0 Å². The fraction of sp³-hybridized carbons (Fsp3) is 0.375. The van der Waals surface area contributed by atoms with Gasteiger partial charge in [-0.25, -0.2) is 9.97 Å². The first-order valence-corrected chi connectivity index (χ1v) is 7.21. The maximum atomic E-state index is 12.4. The molecule has 0 radical (unpaired) electrons. The van der Waals surface area contributed by atoms with Crippen molar-refractivity contribution < 1.29 is 4.79 Å². The minimum absolute atomic E-state index is 0.132. The highest BCUT2D eigenvalue weighted by Gasteiger charge is 2.20. The lowest BCUT2D eigenvalue weighted by molar-refractivity contribution is -0.130. The highest BCUT2D eigenvalue weighted by molar-refractivity contribution is 5.78. The van der Waals surface area contributed by atoms with Crippen LogP contribution in [0.5, 0.6) is 0 Å². The summed E-state index contributed by atoms with van der Waals surface area (Å²) in [5, 5.41) is 0. The van der Waals surface area contributed by atoms with E-state index in [2.05, 4.69) is 15.0 Å². The summed E-state index contributed by atoms with van der Waals surface area (Å²) in [6.45, 7) is 3.45. The Kier molecular flexibility index (Phi) is 3.90. The van der Waals surface area contributed by atoms with Crippen LogP contribution in [0.2, 0.25) is 0 Å². The summed E-state index contributed by atoms with van der Waals surface area (Å²) in [4.78, 5) is 27.1. The van der Waals surface area contributed by atoms with E-state index < -0.39 is 0 Å². The fourth-order valence-corrected chi connectivity index (χ4v) is 2.71. The Hall–Kier alpha value is -2.30. The van der Waals surface area contributed by atoms with Gasteiger partial charge in [0.2, 0.25) is 5.91 Å². The van der Waals surface area contributed by atoms with E-state index in [9.17, 15) is 4.79 Å². The number of carbonyl (C=O) groups is 1. The van der Waals surface area contributed by atoms with Crippen molar-refractivity contribution in [3.8, 4) is 0 Å². The number of fused-ring (bicyclic) bond motifs is 1. The summed E-state index contributed by atoms with van der Waals surface area (Å²) in [6, 6.07) is 5.66. The molecule has 0 bridgehead atoms. The standard InChI is InChI=1S/C16H18N4O/c1-12-14-5-8-20(9-6-15(14)19-11-18-12)16(21)10-13-4-2-3-7-17-13/h2-4,7,11H,5-6,8-10H2,1H3. The van der Waals surface area contributed by atoms with Gasteiger partial charge in [-0.1, -0.05) is 6.07 Å². The van der Waals surface area contributed by atoms with Gasteiger partial charge in [-0.3, -0.25) is 9.78 Å². The SMILES string of the molecule is Cc1ncnc2c1CCN(C(=O)Cc1ccccn1)CC2. The summed E-state index contributed by atoms with van der Waals surface area (Å²) >= 11 is 0. The van der Waals surface area contributed by atoms with E-state index in [1.165, 1.54) is 5.56 Å². The van der Waals surface area contributed by atoms with Crippen molar-refractivity contribution in [1.29, 1.82) is 0 Å². The molecular formula is C16H18N4O. The molecule has 1 amide bonds. The second-order valence-electron chi connectivity index (χ2n) is 5.26. The molecule has 0 N–H and O–H groups in total. The van der Waals surface area contributed by atoms with Gasteiger partial charge in [0.15, 0.2) is 0 Å². The Morgan fingerprint density at radius 1 is 1.19 bits per heavy atom. The first kappa shape index (κ1) is 13.7. The van der Waals surface area contributed by atoms with E-state index in [1.807, 2.05) is 30.0 Å². The normalized spacial score (nSPS) is 14.4. The number of aromatic nitrogens is 3. The van der Waals surface area contributed by atoms with Gasteiger partial charge >= 0.3 is 0 Å². The second-order valence-corrected chi connectivity index (χ2v) is 5.26. The number of rotatable bonds is 2. The van der Waals surface area contributed by atoms with E-state index in [0.29, 0.717) is 6.42 Å². The summed E-state index contributed by atoms with van der Waals surface area (Å²) in [6.07, 6.45) is 5.32. The molecule has 1 aliphatic heterocycles. The molecule has 2 aromatic heterocycles. The van der Waals surface area contributed by atoms with E-state index in [4.69, 9.17) is 0 Å². The monoisotopic (exact) mass is 282 g/mol. The number of nitrogens with zero attached hydrogens (tertiary/aromatic N) is 4. The molecule has 3 heterocycles. The maximum absolute atomic E-state index is 12.4. The topological polar surface area (TPSA) is 59.0 Å². The zero-order valence-electron chi connectivity index (χ0n) is 12.1. The van der Waals surface area contributed by atoms with Gasteiger partial charge in [-0.05, 0) is 31.0 Å². The molecule has 3 rings (SSSR count). The van der Waals surface area contributed by atoms with Gasteiger partial charge in [-0.2, -0.15) is 0 Å². The zero-order chi connectivity index (χ0) is 14.7. The highest BCUT2D eigenvalue weighted by Crippen LogP contribution is 2.16. The van der Waals surface area contributed by atoms with Crippen LogP contribution in [0.3, 0.4) is 0 Å². The average molecular weight is 282 g/mol. The molecule has 5 nitrogen and oxygen atoms in total. The van der Waals surface area contributed by atoms with Crippen molar-refractivity contribution in [2.45, 2.75) is 26.2 Å². The van der Waals surface area contributed by atoms with Crippen LogP contribution >= 0.6 is 0 Å². The third-order valence-corrected chi connectivity index (χ3v) is 3.91. The van der Waals surface area contributed by atoms with Crippen molar-refractivity contribution in [1.82, 2.24) is 19.9 Å². The second kappa shape index (κ2) is 5.99. The van der Waals surface area contributed by atoms with E-state index in [0.717, 1.165) is 43.0 Å². The van der Waals surface area contributed by atoms with Crippen molar-refractivity contribution in [2.75, 3.05) is 13.1 Å². The lowest BCUT2D eigenvalue weighted by Crippen LogP contribution is -2.34. The van der Waals surface area contributed by atoms with Crippen LogP contribution in [0.25, 0.3) is 0 Å². The fourth-order valence-electron chi connectivity index (χ4n) is 2.71. The van der Waals surface area contributed by atoms with Gasteiger partial charge in [0.25, 0.3) is 0 Å². The minimum atomic E-state index is 0.132. The Morgan fingerprint density at radius 2 is 2.05 bits per heavy atom. The maximum Gasteiger partial charge on any atom is 0.228 e. The van der Waals surface area contributed by atoms with Crippen molar-refractivity contribution in [3.05, 3.63) is 53.4 Å². The molecular weight excluding hydrogens is 264 g/mol. The summed E-state index contributed by atoms with van der Waals surface area (Å²) in [5.41, 5.74) is 4.13. The highest BCUT2D eigenvalue weighted by atomic mass is 16.2. The molecule has 2 aromatic rings. The van der Waals surface area contributed by atoms with Crippen LogP contribution in [-0.4, -0.2) is 38.8 Å². The molecule has 5 heteroatoms. The minimum Gasteiger partial charge on any atom is -0.342 e. The van der Waals surface area contributed by atoms with Gasteiger partial charge < -0.3 is 4.90 Å². The molecule has 21 heavy (non-hydrogen) atoms. The zero-order valence-corrected chi connectivity index (χ0v) is 12.1. The summed E-state index contributed by atoms with van der Waals surface area (Å²) < 4.78 is 0. The number of hydrogen-bond acceptors (Lipinski definition) is 4. The third kappa shape index (κ3) is 3.07. The van der Waals surface area contributed by atoms with Crippen molar-refractivity contribution in [3.63, 3.8) is 0 Å². The molecule has 0 aromatic carbocycles. The number of aryl methyl sites for hydroxylation is 1. The Labute approximate surface area is 124 Å². The Bertz CT molecular complexity index is 642. The van der Waals surface area contributed by atoms with E-state index in [-0.39, 0.29) is 5.91 Å². The third-order valence-electron chi connectivity index (χ3n) is 3.91. The van der Waals surface area contributed by atoms with Crippen LogP contribution in [0.1, 0.15) is 22.6 Å². The largest absolute Gasteiger partial charge is 0.342 e. The first-order chi connectivity index (χ1) is 10.2. The molecule has 0 aliphatic carbocycles. The molecule has 0 unspecified atom stereocenters. The average Bonchev–Trinajstić information content (AvgIpc) is 2.72. The van der Waals surface area contributed by atoms with Crippen molar-refractivity contribution in [2.24, 2.45) is 0 Å². The van der Waals surface area contributed by atoms with Crippen LogP contribution in [0.4, 0.5) is 0 Å². The summed E-state index contributed by atoms with van der Waals surface area (Å²) in [5.74, 6) is 0.132. The Morgan fingerprint density at radius 3 is 2.86 bits per heavy atom. The van der Waals surface area contributed by atoms with Crippen LogP contribution < -0.4 is 0 Å². The molecule has 0 fully saturated rings. The molecule has 1 aliphatic rings. The lowest BCUT2D eigenvalue weighted by Gasteiger charge is -2.19. The first-order valence-electron chi connectivity index (χ1n) is 7.21. The summed E-state index contributed by atoms with van der Waals surface area (Å²) in [7, 11) is 0. The Balaban J connectivity index is 1.69.